The Kier molecular flexibility index (Phi) is 8.13. The Morgan fingerprint density at radius 1 is 1.08 bits per heavy atom. The molecule has 186 valence electrons. The minimum absolute atomic E-state index is 0.0203. The summed E-state index contributed by atoms with van der Waals surface area (Å²) in [6.07, 6.45) is -0.0203. The van der Waals surface area contributed by atoms with Gasteiger partial charge in [-0.15, -0.1) is 8.78 Å². The van der Waals surface area contributed by atoms with Crippen molar-refractivity contribution in [2.45, 2.75) is 23.8 Å². The quantitative estimate of drug-likeness (QED) is 0.334. The predicted molar refractivity (Wildman–Crippen MR) is 138 cm³/mol. The zero-order valence-corrected chi connectivity index (χ0v) is 20.9. The molecule has 1 unspecified atom stereocenters. The Bertz CT molecular complexity index is 1250. The van der Waals surface area contributed by atoms with Crippen LogP contribution in [-0.2, 0) is 16.1 Å². The van der Waals surface area contributed by atoms with E-state index in [4.69, 9.17) is 23.2 Å². The van der Waals surface area contributed by atoms with Crippen molar-refractivity contribution in [2.75, 3.05) is 5.32 Å². The van der Waals surface area contributed by atoms with Gasteiger partial charge in [0.15, 0.2) is 5.17 Å². The van der Waals surface area contributed by atoms with Crippen molar-refractivity contribution in [3.8, 4) is 5.75 Å². The zero-order valence-electron chi connectivity index (χ0n) is 18.5. The Morgan fingerprint density at radius 2 is 1.75 bits per heavy atom. The van der Waals surface area contributed by atoms with Gasteiger partial charge in [-0.2, -0.15) is 0 Å². The van der Waals surface area contributed by atoms with E-state index in [-0.39, 0.29) is 30.5 Å². The number of rotatable bonds is 7. The third-order valence-electron chi connectivity index (χ3n) is 5.02. The van der Waals surface area contributed by atoms with E-state index in [9.17, 15) is 18.4 Å². The third kappa shape index (κ3) is 7.19. The number of alkyl halides is 3. The molecule has 0 bridgehead atoms. The third-order valence-corrected chi connectivity index (χ3v) is 6.54. The molecule has 1 N–H and O–H groups in total. The van der Waals surface area contributed by atoms with Gasteiger partial charge in [0, 0.05) is 28.7 Å². The SMILES string of the molecule is O=C(Nc1ccc(Cl)cc1)C1CC(=O)N(Cc2ccccc2)C(=Nc2ccc(OC(F)(F)Cl)cc2)S1. The molecule has 1 heterocycles. The Balaban J connectivity index is 1.58. The first-order valence-electron chi connectivity index (χ1n) is 10.7. The van der Waals surface area contributed by atoms with Gasteiger partial charge in [0.25, 0.3) is 0 Å². The van der Waals surface area contributed by atoms with Crippen molar-refractivity contribution < 1.29 is 23.1 Å². The van der Waals surface area contributed by atoms with Crippen LogP contribution in [0.15, 0.2) is 83.9 Å². The first kappa shape index (κ1) is 25.9. The van der Waals surface area contributed by atoms with Crippen molar-refractivity contribution in [1.29, 1.82) is 0 Å². The second-order valence-electron chi connectivity index (χ2n) is 7.71. The normalized spacial score (nSPS) is 17.2. The smallest absolute Gasteiger partial charge is 0.420 e. The van der Waals surface area contributed by atoms with Gasteiger partial charge >= 0.3 is 5.57 Å². The molecule has 3 aromatic rings. The predicted octanol–water partition coefficient (Wildman–Crippen LogP) is 6.67. The molecule has 36 heavy (non-hydrogen) atoms. The van der Waals surface area contributed by atoms with E-state index >= 15 is 0 Å². The van der Waals surface area contributed by atoms with E-state index in [1.54, 1.807) is 24.3 Å². The lowest BCUT2D eigenvalue weighted by atomic mass is 10.2. The Morgan fingerprint density at radius 3 is 2.39 bits per heavy atom. The molecule has 1 saturated heterocycles. The Hall–Kier alpha value is -3.14. The molecule has 4 rings (SSSR count). The first-order chi connectivity index (χ1) is 17.2. The highest BCUT2D eigenvalue weighted by molar-refractivity contribution is 8.15. The number of amidine groups is 1. The second-order valence-corrected chi connectivity index (χ2v) is 9.75. The number of aliphatic imine (C=N–C) groups is 1. The number of nitrogens with one attached hydrogen (secondary N) is 1. The molecule has 0 radical (unpaired) electrons. The number of carbonyl (C=O) groups excluding carboxylic acids is 2. The van der Waals surface area contributed by atoms with Gasteiger partial charge < -0.3 is 10.1 Å². The summed E-state index contributed by atoms with van der Waals surface area (Å²) in [5.41, 5.74) is -2.02. The van der Waals surface area contributed by atoms with Crippen molar-refractivity contribution in [3.05, 3.63) is 89.4 Å². The summed E-state index contributed by atoms with van der Waals surface area (Å²) in [7, 11) is 0. The van der Waals surface area contributed by atoms with Crippen LogP contribution in [0.5, 0.6) is 5.75 Å². The van der Waals surface area contributed by atoms with Gasteiger partial charge in [0.2, 0.25) is 11.8 Å². The standard InChI is InChI=1S/C25H19Cl2F2N3O3S/c26-17-6-8-18(9-7-17)30-23(34)21-14-22(33)32(15-16-4-2-1-3-5-16)24(36-21)31-19-10-12-20(13-11-19)35-25(27,28)29/h1-13,21H,14-15H2,(H,30,34). The van der Waals surface area contributed by atoms with Crippen LogP contribution in [0.1, 0.15) is 12.0 Å². The lowest BCUT2D eigenvalue weighted by Crippen LogP contribution is -2.44. The van der Waals surface area contributed by atoms with Crippen LogP contribution >= 0.6 is 35.0 Å². The lowest BCUT2D eigenvalue weighted by Gasteiger charge is -2.32. The van der Waals surface area contributed by atoms with Crippen LogP contribution < -0.4 is 10.1 Å². The summed E-state index contributed by atoms with van der Waals surface area (Å²) >= 11 is 11.9. The summed E-state index contributed by atoms with van der Waals surface area (Å²) in [5.74, 6) is -0.766. The number of anilines is 1. The summed E-state index contributed by atoms with van der Waals surface area (Å²) in [4.78, 5) is 32.1. The number of carbonyl (C=O) groups is 2. The maximum absolute atomic E-state index is 13.1. The number of amides is 2. The van der Waals surface area contributed by atoms with Gasteiger partial charge in [0.1, 0.15) is 11.0 Å². The molecule has 0 saturated carbocycles. The highest BCUT2D eigenvalue weighted by Crippen LogP contribution is 2.32. The molecule has 1 atom stereocenters. The first-order valence-corrected chi connectivity index (χ1v) is 12.3. The minimum Gasteiger partial charge on any atom is -0.420 e. The average molecular weight is 550 g/mol. The molecule has 1 aliphatic heterocycles. The number of benzene rings is 3. The number of thioether (sulfide) groups is 1. The van der Waals surface area contributed by atoms with Crippen LogP contribution in [0.4, 0.5) is 20.2 Å². The molecule has 1 fully saturated rings. The molecular formula is C25H19Cl2F2N3O3S. The van der Waals surface area contributed by atoms with Crippen molar-refractivity contribution >= 4 is 63.3 Å². The van der Waals surface area contributed by atoms with E-state index < -0.39 is 10.8 Å². The van der Waals surface area contributed by atoms with Gasteiger partial charge in [0.05, 0.1) is 12.2 Å². The molecular weight excluding hydrogens is 531 g/mol. The second kappa shape index (κ2) is 11.3. The van der Waals surface area contributed by atoms with Crippen LogP contribution in [0, 0.1) is 0 Å². The molecule has 1 aliphatic rings. The van der Waals surface area contributed by atoms with Crippen molar-refractivity contribution in [3.63, 3.8) is 0 Å². The average Bonchev–Trinajstić information content (AvgIpc) is 2.83. The van der Waals surface area contributed by atoms with Crippen LogP contribution in [0.25, 0.3) is 0 Å². The number of ether oxygens (including phenoxy) is 1. The molecule has 3 aromatic carbocycles. The Labute approximate surface area is 220 Å². The number of halogens is 4. The lowest BCUT2D eigenvalue weighted by molar-refractivity contribution is -0.129. The molecule has 0 spiro atoms. The van der Waals surface area contributed by atoms with E-state index in [0.717, 1.165) is 17.3 Å². The highest BCUT2D eigenvalue weighted by Gasteiger charge is 2.36. The molecule has 2 amide bonds. The van der Waals surface area contributed by atoms with Gasteiger partial charge in [-0.1, -0.05) is 53.7 Å². The largest absolute Gasteiger partial charge is 0.487 e. The van der Waals surface area contributed by atoms with Crippen LogP contribution in [0.3, 0.4) is 0 Å². The monoisotopic (exact) mass is 549 g/mol. The topological polar surface area (TPSA) is 71.0 Å². The summed E-state index contributed by atoms with van der Waals surface area (Å²) < 4.78 is 30.1. The van der Waals surface area contributed by atoms with Gasteiger partial charge in [-0.25, -0.2) is 4.99 Å². The highest BCUT2D eigenvalue weighted by atomic mass is 35.5. The molecule has 0 aliphatic carbocycles. The minimum atomic E-state index is -3.84. The number of hydrogen-bond acceptors (Lipinski definition) is 5. The summed E-state index contributed by atoms with van der Waals surface area (Å²) in [5, 5.41) is 2.91. The van der Waals surface area contributed by atoms with Gasteiger partial charge in [-0.3, -0.25) is 14.5 Å². The fraction of sp³-hybridized carbons (Fsp3) is 0.160. The van der Waals surface area contributed by atoms with Gasteiger partial charge in [-0.05, 0) is 54.1 Å². The van der Waals surface area contributed by atoms with E-state index in [2.05, 4.69) is 15.0 Å². The van der Waals surface area contributed by atoms with Crippen molar-refractivity contribution in [2.24, 2.45) is 4.99 Å². The van der Waals surface area contributed by atoms with Crippen LogP contribution in [0.2, 0.25) is 5.02 Å². The maximum Gasteiger partial charge on any atom is 0.487 e. The number of hydrogen-bond donors (Lipinski definition) is 1. The molecule has 6 nitrogen and oxygen atoms in total. The van der Waals surface area contributed by atoms with E-state index in [0.29, 0.717) is 21.6 Å². The summed E-state index contributed by atoms with van der Waals surface area (Å²) in [6.45, 7) is 0.261. The van der Waals surface area contributed by atoms with E-state index in [1.807, 2.05) is 30.3 Å². The fourth-order valence-corrected chi connectivity index (χ4v) is 4.66. The molecule has 11 heteroatoms. The van der Waals surface area contributed by atoms with Crippen LogP contribution in [-0.4, -0.2) is 32.7 Å². The fourth-order valence-electron chi connectivity index (χ4n) is 3.35. The summed E-state index contributed by atoms with van der Waals surface area (Å²) in [6, 6.07) is 21.5. The molecule has 0 aromatic heterocycles. The van der Waals surface area contributed by atoms with E-state index in [1.165, 1.54) is 29.2 Å². The maximum atomic E-state index is 13.1. The number of nitrogens with zero attached hydrogens (tertiary/aromatic N) is 2. The van der Waals surface area contributed by atoms with Crippen molar-refractivity contribution in [1.82, 2.24) is 4.90 Å². The zero-order chi connectivity index (χ0) is 25.7.